The number of Topliss-reactive ketones (excluding diaryl/α,β-unsaturated/α-hetero) is 1. The number of aliphatic hydroxyl groups excluding tert-OH is 2. The van der Waals surface area contributed by atoms with Crippen LogP contribution in [0.4, 0.5) is 5.82 Å². The highest BCUT2D eigenvalue weighted by Crippen LogP contribution is 2.23. The molecule has 8 nitrogen and oxygen atoms in total. The van der Waals surface area contributed by atoms with E-state index < -0.39 is 12.4 Å². The Morgan fingerprint density at radius 3 is 2.81 bits per heavy atom. The van der Waals surface area contributed by atoms with Crippen LogP contribution in [0.25, 0.3) is 0 Å². The van der Waals surface area contributed by atoms with Crippen LogP contribution in [0, 0.1) is 6.92 Å². The van der Waals surface area contributed by atoms with E-state index in [9.17, 15) is 9.90 Å². The van der Waals surface area contributed by atoms with Crippen molar-refractivity contribution in [3.8, 4) is 5.75 Å². The average molecular weight is 360 g/mol. The third-order valence-corrected chi connectivity index (χ3v) is 3.69. The van der Waals surface area contributed by atoms with Gasteiger partial charge in [0.1, 0.15) is 24.7 Å². The Labute approximate surface area is 152 Å². The molecule has 0 fully saturated rings. The number of aryl methyl sites for hydroxylation is 1. The van der Waals surface area contributed by atoms with Crippen molar-refractivity contribution >= 4 is 11.6 Å². The first-order valence-corrected chi connectivity index (χ1v) is 8.51. The molecule has 0 bridgehead atoms. The van der Waals surface area contributed by atoms with Gasteiger partial charge in [-0.2, -0.15) is 0 Å². The molecule has 140 valence electrons. The molecule has 2 rings (SSSR count). The molecule has 0 unspecified atom stereocenters. The maximum absolute atomic E-state index is 11.5. The van der Waals surface area contributed by atoms with Crippen molar-refractivity contribution in [3.05, 3.63) is 41.6 Å². The van der Waals surface area contributed by atoms with E-state index in [2.05, 4.69) is 20.3 Å². The topological polar surface area (TPSA) is 117 Å². The van der Waals surface area contributed by atoms with Crippen molar-refractivity contribution in [3.63, 3.8) is 0 Å². The third kappa shape index (κ3) is 5.47. The van der Waals surface area contributed by atoms with Gasteiger partial charge in [-0.1, -0.05) is 19.4 Å². The Balaban J connectivity index is 2.13. The standard InChI is InChI=1S/C18H24N4O4/c1-3-5-13(9-23)22-18-17(8-19-12(2)20-18)26-11-14-6-4-7-15(21-14)16(25)10-24/h4,6-8,13,23-24H,3,5,9-11H2,1-2H3,(H,19,20,22)/t13-/m0/s1. The summed E-state index contributed by atoms with van der Waals surface area (Å²) in [6.07, 6.45) is 3.29. The monoisotopic (exact) mass is 360 g/mol. The van der Waals surface area contributed by atoms with Crippen LogP contribution < -0.4 is 10.1 Å². The first-order valence-electron chi connectivity index (χ1n) is 8.51. The zero-order valence-corrected chi connectivity index (χ0v) is 15.0. The van der Waals surface area contributed by atoms with Crippen LogP contribution in [-0.4, -0.2) is 50.2 Å². The van der Waals surface area contributed by atoms with Gasteiger partial charge in [0.25, 0.3) is 0 Å². The van der Waals surface area contributed by atoms with Gasteiger partial charge in [-0.05, 0) is 25.5 Å². The van der Waals surface area contributed by atoms with Gasteiger partial charge < -0.3 is 20.3 Å². The lowest BCUT2D eigenvalue weighted by atomic mass is 10.2. The van der Waals surface area contributed by atoms with Gasteiger partial charge in [-0.3, -0.25) is 4.79 Å². The lowest BCUT2D eigenvalue weighted by molar-refractivity contribution is 0.0898. The summed E-state index contributed by atoms with van der Waals surface area (Å²) in [5, 5.41) is 21.6. The van der Waals surface area contributed by atoms with E-state index >= 15 is 0 Å². The number of hydrogen-bond acceptors (Lipinski definition) is 8. The molecule has 8 heteroatoms. The predicted molar refractivity (Wildman–Crippen MR) is 96.2 cm³/mol. The smallest absolute Gasteiger partial charge is 0.206 e. The Morgan fingerprint density at radius 1 is 1.31 bits per heavy atom. The van der Waals surface area contributed by atoms with Crippen LogP contribution >= 0.6 is 0 Å². The summed E-state index contributed by atoms with van der Waals surface area (Å²) in [6.45, 7) is 3.33. The fraction of sp³-hybridized carbons (Fsp3) is 0.444. The Kier molecular flexibility index (Phi) is 7.43. The minimum Gasteiger partial charge on any atom is -0.482 e. The number of rotatable bonds is 10. The number of anilines is 1. The van der Waals surface area contributed by atoms with Gasteiger partial charge in [0.05, 0.1) is 24.5 Å². The second kappa shape index (κ2) is 9.79. The highest BCUT2D eigenvalue weighted by Gasteiger charge is 2.13. The van der Waals surface area contributed by atoms with Gasteiger partial charge in [0.15, 0.2) is 11.6 Å². The summed E-state index contributed by atoms with van der Waals surface area (Å²) < 4.78 is 5.76. The van der Waals surface area contributed by atoms with Gasteiger partial charge in [-0.15, -0.1) is 0 Å². The molecular formula is C18H24N4O4. The fourth-order valence-electron chi connectivity index (χ4n) is 2.37. The molecule has 2 heterocycles. The lowest BCUT2D eigenvalue weighted by Gasteiger charge is -2.18. The zero-order chi connectivity index (χ0) is 18.9. The van der Waals surface area contributed by atoms with Gasteiger partial charge >= 0.3 is 0 Å². The van der Waals surface area contributed by atoms with E-state index in [4.69, 9.17) is 9.84 Å². The van der Waals surface area contributed by atoms with Crippen LogP contribution in [0.3, 0.4) is 0 Å². The Hall–Kier alpha value is -2.58. The molecule has 0 aromatic carbocycles. The summed E-state index contributed by atoms with van der Waals surface area (Å²) in [4.78, 5) is 24.2. The van der Waals surface area contributed by atoms with Crippen molar-refractivity contribution in [1.82, 2.24) is 15.0 Å². The van der Waals surface area contributed by atoms with Crippen molar-refractivity contribution < 1.29 is 19.7 Å². The van der Waals surface area contributed by atoms with E-state index in [-0.39, 0.29) is 24.9 Å². The van der Waals surface area contributed by atoms with Crippen LogP contribution in [0.5, 0.6) is 5.75 Å². The van der Waals surface area contributed by atoms with Gasteiger partial charge in [0.2, 0.25) is 5.78 Å². The minimum absolute atomic E-state index is 0.0107. The molecule has 0 saturated carbocycles. The van der Waals surface area contributed by atoms with E-state index in [1.54, 1.807) is 31.3 Å². The Morgan fingerprint density at radius 2 is 2.12 bits per heavy atom. The Bertz CT molecular complexity index is 739. The normalized spacial score (nSPS) is 11.8. The summed E-state index contributed by atoms with van der Waals surface area (Å²) >= 11 is 0. The molecule has 0 aliphatic heterocycles. The molecule has 0 aliphatic carbocycles. The number of pyridine rings is 1. The molecule has 0 spiro atoms. The first kappa shape index (κ1) is 19.7. The highest BCUT2D eigenvalue weighted by molar-refractivity contribution is 5.95. The number of carbonyl (C=O) groups excluding carboxylic acids is 1. The molecule has 0 radical (unpaired) electrons. The quantitative estimate of drug-likeness (QED) is 0.546. The first-order chi connectivity index (χ1) is 12.6. The SMILES string of the molecule is CCC[C@@H](CO)Nc1nc(C)ncc1OCc1cccc(C(=O)CO)n1. The number of ketones is 1. The van der Waals surface area contributed by atoms with Gasteiger partial charge in [0, 0.05) is 0 Å². The zero-order valence-electron chi connectivity index (χ0n) is 15.0. The molecule has 3 N–H and O–H groups in total. The van der Waals surface area contributed by atoms with Crippen LogP contribution in [0.1, 0.15) is 41.8 Å². The van der Waals surface area contributed by atoms with Crippen LogP contribution in [0.15, 0.2) is 24.4 Å². The number of hydrogen-bond donors (Lipinski definition) is 3. The van der Waals surface area contributed by atoms with Crippen LogP contribution in [-0.2, 0) is 6.61 Å². The van der Waals surface area contributed by atoms with E-state index in [1.165, 1.54) is 0 Å². The van der Waals surface area contributed by atoms with E-state index in [1.807, 2.05) is 6.92 Å². The van der Waals surface area contributed by atoms with Crippen LogP contribution in [0.2, 0.25) is 0 Å². The molecule has 0 aliphatic rings. The fourth-order valence-corrected chi connectivity index (χ4v) is 2.37. The summed E-state index contributed by atoms with van der Waals surface area (Å²) in [5.41, 5.74) is 0.735. The largest absolute Gasteiger partial charge is 0.482 e. The molecule has 0 saturated heterocycles. The minimum atomic E-state index is -0.586. The second-order valence-electron chi connectivity index (χ2n) is 5.83. The van der Waals surface area contributed by atoms with Gasteiger partial charge in [-0.25, -0.2) is 15.0 Å². The van der Waals surface area contributed by atoms with Crippen molar-refractivity contribution in [2.75, 3.05) is 18.5 Å². The molecule has 26 heavy (non-hydrogen) atoms. The number of nitrogens with one attached hydrogen (secondary N) is 1. The molecule has 2 aromatic rings. The number of carbonyl (C=O) groups is 1. The molecule has 2 aromatic heterocycles. The number of aromatic nitrogens is 3. The average Bonchev–Trinajstić information content (AvgIpc) is 2.66. The van der Waals surface area contributed by atoms with E-state index in [0.717, 1.165) is 12.8 Å². The third-order valence-electron chi connectivity index (χ3n) is 3.69. The van der Waals surface area contributed by atoms with Crippen molar-refractivity contribution in [2.24, 2.45) is 0 Å². The molecular weight excluding hydrogens is 336 g/mol. The molecule has 0 amide bonds. The number of aliphatic hydroxyl groups is 2. The van der Waals surface area contributed by atoms with Crippen molar-refractivity contribution in [1.29, 1.82) is 0 Å². The highest BCUT2D eigenvalue weighted by atomic mass is 16.5. The summed E-state index contributed by atoms with van der Waals surface area (Å²) in [7, 11) is 0. The van der Waals surface area contributed by atoms with E-state index in [0.29, 0.717) is 23.1 Å². The maximum atomic E-state index is 11.5. The van der Waals surface area contributed by atoms with Crippen molar-refractivity contribution in [2.45, 2.75) is 39.3 Å². The summed E-state index contributed by atoms with van der Waals surface area (Å²) in [5.74, 6) is 1.08. The predicted octanol–water partition coefficient (Wildman–Crippen LogP) is 1.51. The summed E-state index contributed by atoms with van der Waals surface area (Å²) in [6, 6.07) is 4.83. The maximum Gasteiger partial charge on any atom is 0.206 e. The lowest BCUT2D eigenvalue weighted by Crippen LogP contribution is -2.24. The number of nitrogens with zero attached hydrogens (tertiary/aromatic N) is 3. The number of ether oxygens (including phenoxy) is 1. The second-order valence-corrected chi connectivity index (χ2v) is 5.83. The molecule has 1 atom stereocenters.